The maximum atomic E-state index is 12.3. The fraction of sp³-hybridized carbons (Fsp3) is 0.0500. The molecule has 2 aromatic carbocycles. The number of ether oxygens (including phenoxy) is 1. The summed E-state index contributed by atoms with van der Waals surface area (Å²) in [5.74, 6) is -3.34. The fourth-order valence-corrected chi connectivity index (χ4v) is 3.51. The number of nitrogens with one attached hydrogen (secondary N) is 1. The van der Waals surface area contributed by atoms with E-state index >= 15 is 0 Å². The van der Waals surface area contributed by atoms with Crippen LogP contribution in [0.15, 0.2) is 56.2 Å². The number of pyridine rings is 1. The third-order valence-electron chi connectivity index (χ3n) is 4.19. The van der Waals surface area contributed by atoms with Gasteiger partial charge >= 0.3 is 11.9 Å². The third kappa shape index (κ3) is 4.39. The Morgan fingerprint density at radius 2 is 1.57 bits per heavy atom. The number of carboxylic acid groups (broad SMARTS) is 2. The summed E-state index contributed by atoms with van der Waals surface area (Å²) < 4.78 is 7.27. The van der Waals surface area contributed by atoms with E-state index < -0.39 is 34.4 Å². The van der Waals surface area contributed by atoms with E-state index in [1.807, 2.05) is 24.3 Å². The molecule has 0 amide bonds. The van der Waals surface area contributed by atoms with E-state index in [1.54, 1.807) is 12.1 Å². The lowest BCUT2D eigenvalue weighted by Crippen LogP contribution is -2.24. The molecule has 0 spiro atoms. The average molecular weight is 538 g/mol. The van der Waals surface area contributed by atoms with Crippen molar-refractivity contribution in [1.29, 1.82) is 0 Å². The highest BCUT2D eigenvalue weighted by molar-refractivity contribution is 9.10. The summed E-state index contributed by atoms with van der Waals surface area (Å²) in [5.41, 5.74) is 4.03. The van der Waals surface area contributed by atoms with E-state index in [9.17, 15) is 24.6 Å². The molecular formula is C20H14Br2N2O6. The Hall–Kier alpha value is -3.11. The Bertz CT molecular complexity index is 1210. The number of anilines is 1. The maximum absolute atomic E-state index is 12.3. The molecule has 0 aliphatic heterocycles. The smallest absolute Gasteiger partial charge is 0.342 e. The standard InChI is InChI=1S/C20H14Br2N2O6/c21-10-3-1-9(2-4-10)8-30-13-6-5-11(22)7-12(13)14-15(19(26)27)17(23)24-18(25)16(14)20(28)29/h1-7H,8H2,(H,26,27)(H,28,29)(H3,23,24,25). The summed E-state index contributed by atoms with van der Waals surface area (Å²) in [6, 6.07) is 12.0. The zero-order chi connectivity index (χ0) is 22.0. The number of aromatic nitrogens is 1. The van der Waals surface area contributed by atoms with Crippen molar-refractivity contribution in [2.45, 2.75) is 6.61 Å². The summed E-state index contributed by atoms with van der Waals surface area (Å²) in [4.78, 5) is 38.0. The lowest BCUT2D eigenvalue weighted by atomic mass is 9.94. The Kier molecular flexibility index (Phi) is 6.28. The number of hydrogen-bond donors (Lipinski definition) is 4. The van der Waals surface area contributed by atoms with Gasteiger partial charge in [0, 0.05) is 20.1 Å². The largest absolute Gasteiger partial charge is 0.488 e. The minimum absolute atomic E-state index is 0.106. The normalized spacial score (nSPS) is 10.6. The molecule has 0 bridgehead atoms. The highest BCUT2D eigenvalue weighted by Crippen LogP contribution is 2.38. The summed E-state index contributed by atoms with van der Waals surface area (Å²) in [7, 11) is 0. The Balaban J connectivity index is 2.21. The molecule has 0 saturated heterocycles. The zero-order valence-corrected chi connectivity index (χ0v) is 18.3. The third-order valence-corrected chi connectivity index (χ3v) is 5.21. The van der Waals surface area contributed by atoms with Crippen LogP contribution in [0.25, 0.3) is 11.1 Å². The van der Waals surface area contributed by atoms with Crippen LogP contribution in [0.1, 0.15) is 26.3 Å². The first-order valence-electron chi connectivity index (χ1n) is 8.38. The van der Waals surface area contributed by atoms with E-state index in [4.69, 9.17) is 10.5 Å². The molecular weight excluding hydrogens is 524 g/mol. The van der Waals surface area contributed by atoms with Crippen LogP contribution in [0.3, 0.4) is 0 Å². The SMILES string of the molecule is Nc1[nH]c(=O)c(C(=O)O)c(-c2cc(Br)ccc2OCc2ccc(Br)cc2)c1C(=O)O. The van der Waals surface area contributed by atoms with Gasteiger partial charge in [0.1, 0.15) is 29.3 Å². The summed E-state index contributed by atoms with van der Waals surface area (Å²) in [6.07, 6.45) is 0. The number of carboxylic acids is 2. The Morgan fingerprint density at radius 1 is 0.967 bits per heavy atom. The molecule has 3 aromatic rings. The van der Waals surface area contributed by atoms with Crippen LogP contribution in [0, 0.1) is 0 Å². The van der Waals surface area contributed by atoms with Crippen molar-refractivity contribution < 1.29 is 24.5 Å². The van der Waals surface area contributed by atoms with Gasteiger partial charge < -0.3 is 25.7 Å². The van der Waals surface area contributed by atoms with E-state index in [0.717, 1.165) is 10.0 Å². The van der Waals surface area contributed by atoms with Gasteiger partial charge in [-0.05, 0) is 35.9 Å². The second-order valence-electron chi connectivity index (χ2n) is 6.16. The van der Waals surface area contributed by atoms with Crippen LogP contribution in [0.4, 0.5) is 5.82 Å². The molecule has 0 saturated carbocycles. The Morgan fingerprint density at radius 3 is 2.17 bits per heavy atom. The van der Waals surface area contributed by atoms with Crippen LogP contribution in [0.2, 0.25) is 0 Å². The quantitative estimate of drug-likeness (QED) is 0.370. The van der Waals surface area contributed by atoms with Crippen molar-refractivity contribution in [3.8, 4) is 16.9 Å². The number of benzene rings is 2. The number of halogens is 2. The molecule has 0 aliphatic carbocycles. The zero-order valence-electron chi connectivity index (χ0n) is 15.1. The van der Waals surface area contributed by atoms with Crippen LogP contribution in [0.5, 0.6) is 5.75 Å². The van der Waals surface area contributed by atoms with Gasteiger partial charge in [-0.15, -0.1) is 0 Å². The molecule has 5 N–H and O–H groups in total. The maximum Gasteiger partial charge on any atom is 0.342 e. The lowest BCUT2D eigenvalue weighted by Gasteiger charge is -2.16. The highest BCUT2D eigenvalue weighted by atomic mass is 79.9. The van der Waals surface area contributed by atoms with E-state index in [2.05, 4.69) is 36.8 Å². The van der Waals surface area contributed by atoms with Gasteiger partial charge in [0.25, 0.3) is 5.56 Å². The summed E-state index contributed by atoms with van der Waals surface area (Å²) >= 11 is 6.63. The van der Waals surface area contributed by atoms with Gasteiger partial charge in [0.05, 0.1) is 0 Å². The van der Waals surface area contributed by atoms with E-state index in [0.29, 0.717) is 4.47 Å². The summed E-state index contributed by atoms with van der Waals surface area (Å²) in [5, 5.41) is 19.2. The molecule has 0 unspecified atom stereocenters. The number of rotatable bonds is 6. The lowest BCUT2D eigenvalue weighted by molar-refractivity contribution is 0.0695. The summed E-state index contributed by atoms with van der Waals surface area (Å²) in [6.45, 7) is 0.130. The van der Waals surface area contributed by atoms with Gasteiger partial charge in [0.2, 0.25) is 0 Å². The van der Waals surface area contributed by atoms with Gasteiger partial charge in [-0.25, -0.2) is 9.59 Å². The number of aromatic carboxylic acids is 2. The first kappa shape index (κ1) is 21.6. The number of nitrogen functional groups attached to an aromatic ring is 1. The highest BCUT2D eigenvalue weighted by Gasteiger charge is 2.28. The van der Waals surface area contributed by atoms with Crippen LogP contribution >= 0.6 is 31.9 Å². The monoisotopic (exact) mass is 536 g/mol. The van der Waals surface area contributed by atoms with Gasteiger partial charge in [-0.1, -0.05) is 44.0 Å². The second-order valence-corrected chi connectivity index (χ2v) is 7.99. The van der Waals surface area contributed by atoms with E-state index in [-0.39, 0.29) is 23.5 Å². The number of H-pyrrole nitrogens is 1. The molecule has 10 heteroatoms. The number of hydrogen-bond acceptors (Lipinski definition) is 5. The van der Waals surface area contributed by atoms with Crippen LogP contribution in [-0.2, 0) is 6.61 Å². The first-order chi connectivity index (χ1) is 14.2. The first-order valence-corrected chi connectivity index (χ1v) is 9.97. The molecule has 8 nitrogen and oxygen atoms in total. The minimum atomic E-state index is -1.59. The predicted octanol–water partition coefficient (Wildman–Crippen LogP) is 4.12. The number of nitrogens with two attached hydrogens (primary N) is 1. The molecule has 3 rings (SSSR count). The second kappa shape index (κ2) is 8.72. The predicted molar refractivity (Wildman–Crippen MR) is 117 cm³/mol. The van der Waals surface area contributed by atoms with Crippen molar-refractivity contribution in [2.24, 2.45) is 0 Å². The number of aromatic amines is 1. The van der Waals surface area contributed by atoms with Gasteiger partial charge in [0.15, 0.2) is 0 Å². The van der Waals surface area contributed by atoms with E-state index in [1.165, 1.54) is 6.07 Å². The fourth-order valence-electron chi connectivity index (χ4n) is 2.88. The molecule has 1 heterocycles. The molecule has 0 radical (unpaired) electrons. The molecule has 154 valence electrons. The molecule has 1 aromatic heterocycles. The van der Waals surface area contributed by atoms with Crippen LogP contribution in [-0.4, -0.2) is 27.1 Å². The molecule has 0 atom stereocenters. The van der Waals surface area contributed by atoms with Crippen molar-refractivity contribution in [3.05, 3.63) is 78.5 Å². The molecule has 0 aliphatic rings. The average Bonchev–Trinajstić information content (AvgIpc) is 2.66. The van der Waals surface area contributed by atoms with Crippen molar-refractivity contribution >= 4 is 49.6 Å². The van der Waals surface area contributed by atoms with Crippen molar-refractivity contribution in [2.75, 3.05) is 5.73 Å². The topological polar surface area (TPSA) is 143 Å². The molecule has 0 fully saturated rings. The van der Waals surface area contributed by atoms with Crippen molar-refractivity contribution in [3.63, 3.8) is 0 Å². The van der Waals surface area contributed by atoms with Gasteiger partial charge in [-0.2, -0.15) is 0 Å². The van der Waals surface area contributed by atoms with Crippen LogP contribution < -0.4 is 16.0 Å². The Labute approximate surface area is 186 Å². The van der Waals surface area contributed by atoms with Gasteiger partial charge in [-0.3, -0.25) is 4.79 Å². The number of carbonyl (C=O) groups is 2. The minimum Gasteiger partial charge on any atom is -0.488 e. The molecule has 30 heavy (non-hydrogen) atoms. The van der Waals surface area contributed by atoms with Crippen molar-refractivity contribution in [1.82, 2.24) is 4.98 Å².